The number of rotatable bonds is 1. The normalized spacial score (nSPS) is 33.8. The molecule has 0 aromatic heterocycles. The highest BCUT2D eigenvalue weighted by Crippen LogP contribution is 2.11. The Balaban J connectivity index is 2.39. The van der Waals surface area contributed by atoms with Crippen molar-refractivity contribution in [3.05, 3.63) is 12.2 Å². The molecular formula is C8H15NO. The van der Waals surface area contributed by atoms with Crippen molar-refractivity contribution in [3.8, 4) is 0 Å². The average Bonchev–Trinajstić information content (AvgIpc) is 2.13. The van der Waals surface area contributed by atoms with Crippen LogP contribution in [0.15, 0.2) is 12.2 Å². The zero-order chi connectivity index (χ0) is 7.40. The zero-order valence-electron chi connectivity index (χ0n) is 6.38. The summed E-state index contributed by atoms with van der Waals surface area (Å²) < 4.78 is 0. The summed E-state index contributed by atoms with van der Waals surface area (Å²) >= 11 is 0. The molecule has 2 unspecified atom stereocenters. The Morgan fingerprint density at radius 1 is 1.60 bits per heavy atom. The van der Waals surface area contributed by atoms with Crippen LogP contribution < -0.4 is 5.32 Å². The first-order chi connectivity index (χ1) is 4.83. The molecule has 1 rings (SSSR count). The molecule has 58 valence electrons. The van der Waals surface area contributed by atoms with Crippen LogP contribution in [0.4, 0.5) is 0 Å². The van der Waals surface area contributed by atoms with E-state index in [2.05, 4.69) is 11.4 Å². The second-order valence-corrected chi connectivity index (χ2v) is 2.79. The Bertz CT molecular complexity index is 122. The molecule has 0 saturated heterocycles. The lowest BCUT2D eigenvalue weighted by Gasteiger charge is -2.14. The molecule has 0 radical (unpaired) electrons. The van der Waals surface area contributed by atoms with E-state index in [4.69, 9.17) is 0 Å². The molecule has 0 aromatic carbocycles. The molecule has 2 N–H and O–H groups in total. The van der Waals surface area contributed by atoms with E-state index in [9.17, 15) is 5.11 Å². The summed E-state index contributed by atoms with van der Waals surface area (Å²) in [6.45, 7) is 0. The average molecular weight is 141 g/mol. The smallest absolute Gasteiger partial charge is 0.0735 e. The Kier molecular flexibility index (Phi) is 2.90. The van der Waals surface area contributed by atoms with E-state index in [0.717, 1.165) is 19.3 Å². The minimum atomic E-state index is -0.236. The van der Waals surface area contributed by atoms with Gasteiger partial charge in [-0.1, -0.05) is 12.2 Å². The molecule has 0 aliphatic heterocycles. The zero-order valence-corrected chi connectivity index (χ0v) is 6.38. The summed E-state index contributed by atoms with van der Waals surface area (Å²) in [7, 11) is 1.95. The Labute approximate surface area is 61.9 Å². The number of aliphatic hydroxyl groups excluding tert-OH is 1. The van der Waals surface area contributed by atoms with Crippen molar-refractivity contribution in [2.24, 2.45) is 0 Å². The van der Waals surface area contributed by atoms with Crippen LogP contribution >= 0.6 is 0 Å². The molecule has 0 bridgehead atoms. The molecular weight excluding hydrogens is 126 g/mol. The van der Waals surface area contributed by atoms with Crippen LogP contribution in [0.1, 0.15) is 19.3 Å². The third-order valence-electron chi connectivity index (χ3n) is 1.97. The third kappa shape index (κ3) is 2.12. The number of aliphatic hydroxyl groups is 1. The molecule has 10 heavy (non-hydrogen) atoms. The molecule has 1 aliphatic rings. The van der Waals surface area contributed by atoms with Gasteiger partial charge < -0.3 is 10.4 Å². The van der Waals surface area contributed by atoms with Gasteiger partial charge in [-0.05, 0) is 26.3 Å². The van der Waals surface area contributed by atoms with Crippen LogP contribution in [0.5, 0.6) is 0 Å². The summed E-state index contributed by atoms with van der Waals surface area (Å²) in [5.41, 5.74) is 0. The van der Waals surface area contributed by atoms with Crippen LogP contribution in [0, 0.1) is 0 Å². The van der Waals surface area contributed by atoms with Crippen LogP contribution in [-0.4, -0.2) is 24.3 Å². The third-order valence-corrected chi connectivity index (χ3v) is 1.97. The van der Waals surface area contributed by atoms with Crippen molar-refractivity contribution >= 4 is 0 Å². The second kappa shape index (κ2) is 3.74. The lowest BCUT2D eigenvalue weighted by Crippen LogP contribution is -2.27. The molecule has 0 fully saturated rings. The van der Waals surface area contributed by atoms with Crippen LogP contribution in [0.2, 0.25) is 0 Å². The molecule has 0 saturated carbocycles. The van der Waals surface area contributed by atoms with Gasteiger partial charge in [0.2, 0.25) is 0 Å². The predicted molar refractivity (Wildman–Crippen MR) is 41.8 cm³/mol. The molecule has 0 amide bonds. The van der Waals surface area contributed by atoms with E-state index >= 15 is 0 Å². The van der Waals surface area contributed by atoms with Crippen LogP contribution in [-0.2, 0) is 0 Å². The number of nitrogens with one attached hydrogen (secondary N) is 1. The van der Waals surface area contributed by atoms with Crippen molar-refractivity contribution in [1.82, 2.24) is 5.32 Å². The van der Waals surface area contributed by atoms with Crippen LogP contribution in [0.3, 0.4) is 0 Å². The van der Waals surface area contributed by atoms with E-state index in [-0.39, 0.29) is 6.10 Å². The van der Waals surface area contributed by atoms with Crippen molar-refractivity contribution in [3.63, 3.8) is 0 Å². The first kappa shape index (κ1) is 7.76. The first-order valence-corrected chi connectivity index (χ1v) is 3.85. The Morgan fingerprint density at radius 3 is 3.10 bits per heavy atom. The number of hydrogen-bond acceptors (Lipinski definition) is 2. The summed E-state index contributed by atoms with van der Waals surface area (Å²) in [4.78, 5) is 0. The Morgan fingerprint density at radius 2 is 2.40 bits per heavy atom. The second-order valence-electron chi connectivity index (χ2n) is 2.79. The van der Waals surface area contributed by atoms with E-state index in [0.29, 0.717) is 6.04 Å². The highest BCUT2D eigenvalue weighted by atomic mass is 16.3. The molecule has 0 heterocycles. The van der Waals surface area contributed by atoms with Crippen molar-refractivity contribution in [2.45, 2.75) is 31.4 Å². The fraction of sp³-hybridized carbons (Fsp3) is 0.750. The first-order valence-electron chi connectivity index (χ1n) is 3.85. The molecule has 2 atom stereocenters. The minimum Gasteiger partial charge on any atom is -0.389 e. The molecule has 0 spiro atoms. The fourth-order valence-electron chi connectivity index (χ4n) is 1.30. The Hall–Kier alpha value is -0.340. The molecule has 2 nitrogen and oxygen atoms in total. The maximum atomic E-state index is 9.26. The van der Waals surface area contributed by atoms with Crippen molar-refractivity contribution in [2.75, 3.05) is 7.05 Å². The summed E-state index contributed by atoms with van der Waals surface area (Å²) in [5.74, 6) is 0. The van der Waals surface area contributed by atoms with E-state index in [1.807, 2.05) is 13.1 Å². The van der Waals surface area contributed by atoms with E-state index < -0.39 is 0 Å². The van der Waals surface area contributed by atoms with Gasteiger partial charge in [0.1, 0.15) is 0 Å². The monoisotopic (exact) mass is 141 g/mol. The van der Waals surface area contributed by atoms with Gasteiger partial charge in [-0.2, -0.15) is 0 Å². The summed E-state index contributed by atoms with van der Waals surface area (Å²) in [6, 6.07) is 0.491. The lowest BCUT2D eigenvalue weighted by atomic mass is 10.1. The van der Waals surface area contributed by atoms with E-state index in [1.54, 1.807) is 0 Å². The topological polar surface area (TPSA) is 32.3 Å². The number of hydrogen-bond donors (Lipinski definition) is 2. The van der Waals surface area contributed by atoms with Gasteiger partial charge in [-0.15, -0.1) is 0 Å². The van der Waals surface area contributed by atoms with Gasteiger partial charge in [0.25, 0.3) is 0 Å². The van der Waals surface area contributed by atoms with Gasteiger partial charge in [-0.25, -0.2) is 0 Å². The molecule has 1 aliphatic carbocycles. The van der Waals surface area contributed by atoms with Crippen molar-refractivity contribution < 1.29 is 5.11 Å². The summed E-state index contributed by atoms with van der Waals surface area (Å²) in [6.07, 6.45) is 6.79. The van der Waals surface area contributed by atoms with Gasteiger partial charge in [0, 0.05) is 6.04 Å². The fourth-order valence-corrected chi connectivity index (χ4v) is 1.30. The van der Waals surface area contributed by atoms with Gasteiger partial charge >= 0.3 is 0 Å². The van der Waals surface area contributed by atoms with Crippen molar-refractivity contribution in [1.29, 1.82) is 0 Å². The number of allylic oxidation sites excluding steroid dienone is 1. The largest absolute Gasteiger partial charge is 0.389 e. The minimum absolute atomic E-state index is 0.236. The standard InChI is InChI=1S/C8H15NO/c1-9-7-4-2-3-5-8(10)6-7/h3,5,7-10H,2,4,6H2,1H3. The lowest BCUT2D eigenvalue weighted by molar-refractivity contribution is 0.197. The summed E-state index contributed by atoms with van der Waals surface area (Å²) in [5, 5.41) is 12.4. The quantitative estimate of drug-likeness (QED) is 0.526. The maximum Gasteiger partial charge on any atom is 0.0735 e. The molecule has 2 heteroatoms. The highest BCUT2D eigenvalue weighted by molar-refractivity contribution is 4.94. The van der Waals surface area contributed by atoms with Crippen LogP contribution in [0.25, 0.3) is 0 Å². The van der Waals surface area contributed by atoms with E-state index in [1.165, 1.54) is 0 Å². The van der Waals surface area contributed by atoms with Gasteiger partial charge in [0.05, 0.1) is 6.10 Å². The predicted octanol–water partition coefficient (Wildman–Crippen LogP) is 0.675. The van der Waals surface area contributed by atoms with Gasteiger partial charge in [-0.3, -0.25) is 0 Å². The highest BCUT2D eigenvalue weighted by Gasteiger charge is 2.12. The maximum absolute atomic E-state index is 9.26. The molecule has 0 aromatic rings. The van der Waals surface area contributed by atoms with Gasteiger partial charge in [0.15, 0.2) is 0 Å². The SMILES string of the molecule is CNC1CCC=CC(O)C1.